The van der Waals surface area contributed by atoms with Gasteiger partial charge in [-0.15, -0.1) is 0 Å². The molecule has 1 aliphatic heterocycles. The molecule has 1 aromatic heterocycles. The maximum atomic E-state index is 6.07. The number of aromatic nitrogens is 1. The molecule has 0 aliphatic carbocycles. The van der Waals surface area contributed by atoms with Crippen molar-refractivity contribution in [3.05, 3.63) is 18.3 Å². The van der Waals surface area contributed by atoms with Crippen LogP contribution in [0.4, 0.5) is 0 Å². The van der Waals surface area contributed by atoms with Crippen LogP contribution in [0, 0.1) is 5.92 Å². The zero-order valence-corrected chi connectivity index (χ0v) is 19.4. The van der Waals surface area contributed by atoms with Crippen molar-refractivity contribution >= 4 is 22.1 Å². The van der Waals surface area contributed by atoms with Crippen molar-refractivity contribution in [1.29, 1.82) is 0 Å². The normalized spacial score (nSPS) is 15.2. The van der Waals surface area contributed by atoms with Gasteiger partial charge < -0.3 is 0 Å². The Morgan fingerprint density at radius 2 is 1.64 bits per heavy atom. The number of pyridine rings is 1. The molecule has 0 N–H and O–H groups in total. The van der Waals surface area contributed by atoms with E-state index >= 15 is 0 Å². The van der Waals surface area contributed by atoms with Gasteiger partial charge in [-0.1, -0.05) is 0 Å². The van der Waals surface area contributed by atoms with Gasteiger partial charge in [-0.2, -0.15) is 0 Å². The number of unbranched alkanes of at least 4 members (excludes halogenated alkanes) is 3. The predicted octanol–water partition coefficient (Wildman–Crippen LogP) is 5.16. The quantitative estimate of drug-likeness (QED) is 0.386. The van der Waals surface area contributed by atoms with Crippen molar-refractivity contribution in [1.82, 2.24) is 4.98 Å². The van der Waals surface area contributed by atoms with Crippen molar-refractivity contribution < 1.29 is 9.47 Å². The van der Waals surface area contributed by atoms with Crippen LogP contribution in [0.25, 0.3) is 0 Å². The van der Waals surface area contributed by atoms with E-state index in [-0.39, 0.29) is 0 Å². The molecule has 0 atom stereocenters. The molecule has 2 rings (SSSR count). The predicted molar refractivity (Wildman–Crippen MR) is 109 cm³/mol. The van der Waals surface area contributed by atoms with Crippen molar-refractivity contribution in [2.24, 2.45) is 5.92 Å². The molecular formula is C21H37NO2Sn. The zero-order chi connectivity index (χ0) is 18.0. The Kier molecular flexibility index (Phi) is 9.61. The molecule has 25 heavy (non-hydrogen) atoms. The summed E-state index contributed by atoms with van der Waals surface area (Å²) >= 11 is -2.43. The maximum absolute atomic E-state index is 6.07. The summed E-state index contributed by atoms with van der Waals surface area (Å²) in [5.41, 5.74) is 0. The molecule has 1 saturated heterocycles. The van der Waals surface area contributed by atoms with Crippen LogP contribution in [-0.2, 0) is 4.74 Å². The van der Waals surface area contributed by atoms with E-state index in [0.717, 1.165) is 25.6 Å². The summed E-state index contributed by atoms with van der Waals surface area (Å²) in [4.78, 5) is 4.92. The van der Waals surface area contributed by atoms with Crippen molar-refractivity contribution in [3.63, 3.8) is 0 Å². The van der Waals surface area contributed by atoms with E-state index in [0.29, 0.717) is 5.92 Å². The number of hydrogen-bond donors (Lipinski definition) is 0. The second-order valence-electron chi connectivity index (χ2n) is 7.68. The van der Waals surface area contributed by atoms with Gasteiger partial charge in [0.25, 0.3) is 0 Å². The fourth-order valence-electron chi connectivity index (χ4n) is 3.69. The molecular weight excluding hydrogens is 417 g/mol. The Bertz CT molecular complexity index is 469. The summed E-state index contributed by atoms with van der Waals surface area (Å²) in [5.74, 6) is 1.60. The molecule has 0 unspecified atom stereocenters. The number of hydrogen-bond acceptors (Lipinski definition) is 3. The monoisotopic (exact) mass is 455 g/mol. The first-order chi connectivity index (χ1) is 12.2. The van der Waals surface area contributed by atoms with E-state index in [4.69, 9.17) is 14.5 Å². The number of nitrogens with zero attached hydrogens (tertiary/aromatic N) is 1. The molecule has 3 nitrogen and oxygen atoms in total. The molecule has 0 saturated carbocycles. The van der Waals surface area contributed by atoms with Crippen LogP contribution in [0.3, 0.4) is 0 Å². The van der Waals surface area contributed by atoms with E-state index < -0.39 is 18.4 Å². The third-order valence-electron chi connectivity index (χ3n) is 5.49. The van der Waals surface area contributed by atoms with Gasteiger partial charge in [-0.05, 0) is 0 Å². The molecule has 0 radical (unpaired) electrons. The van der Waals surface area contributed by atoms with Crippen LogP contribution >= 0.6 is 0 Å². The molecule has 1 fully saturated rings. The Labute approximate surface area is 158 Å². The van der Waals surface area contributed by atoms with Crippen LogP contribution in [0.2, 0.25) is 13.3 Å². The van der Waals surface area contributed by atoms with Crippen molar-refractivity contribution in [2.45, 2.75) is 72.6 Å². The number of rotatable bonds is 13. The van der Waals surface area contributed by atoms with Gasteiger partial charge in [0.2, 0.25) is 0 Å². The van der Waals surface area contributed by atoms with E-state index in [1.165, 1.54) is 55.5 Å². The van der Waals surface area contributed by atoms with Crippen LogP contribution in [0.15, 0.2) is 18.3 Å². The van der Waals surface area contributed by atoms with E-state index in [1.54, 1.807) is 0 Å². The molecule has 0 spiro atoms. The first kappa shape index (κ1) is 21.0. The Balaban J connectivity index is 2.16. The average Bonchev–Trinajstić information content (AvgIpc) is 2.60. The average molecular weight is 454 g/mol. The topological polar surface area (TPSA) is 31.4 Å². The molecule has 2 heterocycles. The SMILES string of the molecule is CCC[CH2][Sn]([CH2]CCC)([CH2]CCC)[c]1cc(OCC2COC2)ccn1. The first-order valence-corrected chi connectivity index (χ1v) is 17.9. The van der Waals surface area contributed by atoms with Crippen LogP contribution in [-0.4, -0.2) is 43.2 Å². The standard InChI is InChI=1S/C9H10NO2.3C4H9.Sn/c1-3-10-4-2-9(1)12-7-8-5-11-6-8;3*1-3-4-2;/h1-3,8H,5-7H2;3*1,3-4H2,2H3;. The molecule has 0 aromatic carbocycles. The van der Waals surface area contributed by atoms with Gasteiger partial charge in [0.1, 0.15) is 0 Å². The summed E-state index contributed by atoms with van der Waals surface area (Å²) in [7, 11) is 0. The number of ether oxygens (including phenoxy) is 2. The summed E-state index contributed by atoms with van der Waals surface area (Å²) in [5, 5.41) is 0. The fourth-order valence-corrected chi connectivity index (χ4v) is 19.1. The van der Waals surface area contributed by atoms with Gasteiger partial charge >= 0.3 is 159 Å². The van der Waals surface area contributed by atoms with Crippen molar-refractivity contribution in [3.8, 4) is 5.75 Å². The van der Waals surface area contributed by atoms with Gasteiger partial charge in [-0.3, -0.25) is 0 Å². The third-order valence-corrected chi connectivity index (χ3v) is 20.6. The van der Waals surface area contributed by atoms with Crippen LogP contribution in [0.5, 0.6) is 5.75 Å². The summed E-state index contributed by atoms with van der Waals surface area (Å²) in [6, 6.07) is 4.36. The summed E-state index contributed by atoms with van der Waals surface area (Å²) < 4.78 is 17.2. The summed E-state index contributed by atoms with van der Waals surface area (Å²) in [6.45, 7) is 9.46. The van der Waals surface area contributed by atoms with Gasteiger partial charge in [0.15, 0.2) is 0 Å². The zero-order valence-electron chi connectivity index (χ0n) is 16.6. The summed E-state index contributed by atoms with van der Waals surface area (Å²) in [6.07, 6.45) is 10.0. The molecule has 0 amide bonds. The van der Waals surface area contributed by atoms with E-state index in [1.807, 2.05) is 12.3 Å². The van der Waals surface area contributed by atoms with E-state index in [2.05, 4.69) is 26.8 Å². The van der Waals surface area contributed by atoms with Crippen molar-refractivity contribution in [2.75, 3.05) is 19.8 Å². The Hall–Kier alpha value is -0.291. The van der Waals surface area contributed by atoms with Crippen LogP contribution in [0.1, 0.15) is 59.3 Å². The second-order valence-corrected chi connectivity index (χ2v) is 20.7. The minimum atomic E-state index is -2.43. The Morgan fingerprint density at radius 3 is 2.12 bits per heavy atom. The molecule has 0 bridgehead atoms. The van der Waals surface area contributed by atoms with Gasteiger partial charge in [0.05, 0.1) is 0 Å². The first-order valence-electron chi connectivity index (χ1n) is 10.4. The molecule has 1 aliphatic rings. The molecule has 142 valence electrons. The Morgan fingerprint density at radius 1 is 1.04 bits per heavy atom. The molecule has 4 heteroatoms. The second kappa shape index (κ2) is 11.4. The van der Waals surface area contributed by atoms with E-state index in [9.17, 15) is 0 Å². The fraction of sp³-hybridized carbons (Fsp3) is 0.762. The van der Waals surface area contributed by atoms with Crippen LogP contribution < -0.4 is 8.45 Å². The minimum absolute atomic E-state index is 0.574. The molecule has 1 aromatic rings. The third kappa shape index (κ3) is 6.42. The van der Waals surface area contributed by atoms with Gasteiger partial charge in [0, 0.05) is 0 Å². The van der Waals surface area contributed by atoms with Gasteiger partial charge in [-0.25, -0.2) is 0 Å².